The molecule has 0 amide bonds. The van der Waals surface area contributed by atoms with Crippen LogP contribution < -0.4 is 5.73 Å². The zero-order chi connectivity index (χ0) is 10.4. The average Bonchev–Trinajstić information content (AvgIpc) is 2.16. The van der Waals surface area contributed by atoms with Gasteiger partial charge in [0, 0.05) is 10.6 Å². The highest BCUT2D eigenvalue weighted by Gasteiger charge is 1.99. The normalized spacial score (nSPS) is 8.36. The molecule has 0 bridgehead atoms. The average molecular weight is 207 g/mol. The minimum Gasteiger partial charge on any atom is -0.398 e. The van der Waals surface area contributed by atoms with Gasteiger partial charge < -0.3 is 5.73 Å². The smallest absolute Gasteiger partial charge is 0.0880 e. The summed E-state index contributed by atoms with van der Waals surface area (Å²) in [6, 6.07) is 5.16. The van der Waals surface area contributed by atoms with Crippen LogP contribution >= 0.6 is 11.6 Å². The minimum atomic E-state index is 0.112. The van der Waals surface area contributed by atoms with E-state index < -0.39 is 0 Å². The molecule has 0 fully saturated rings. The largest absolute Gasteiger partial charge is 0.398 e. The van der Waals surface area contributed by atoms with Crippen LogP contribution in [0.1, 0.15) is 5.56 Å². The number of anilines is 1. The molecule has 14 heavy (non-hydrogen) atoms. The van der Waals surface area contributed by atoms with Crippen molar-refractivity contribution in [3.63, 3.8) is 0 Å². The van der Waals surface area contributed by atoms with E-state index in [4.69, 9.17) is 22.9 Å². The Labute approximate surface area is 86.3 Å². The van der Waals surface area contributed by atoms with Gasteiger partial charge in [-0.2, -0.15) is 0 Å². The summed E-state index contributed by atoms with van der Waals surface area (Å²) in [5, 5.41) is 3.77. The molecule has 5 heteroatoms. The van der Waals surface area contributed by atoms with Crippen LogP contribution in [0.3, 0.4) is 0 Å². The van der Waals surface area contributed by atoms with E-state index in [1.165, 1.54) is 0 Å². The fourth-order valence-corrected chi connectivity index (χ4v) is 1.10. The van der Waals surface area contributed by atoms with Gasteiger partial charge in [-0.15, -0.1) is 0 Å². The predicted molar refractivity (Wildman–Crippen MR) is 56.8 cm³/mol. The molecule has 0 aromatic heterocycles. The van der Waals surface area contributed by atoms with E-state index in [-0.39, 0.29) is 6.54 Å². The summed E-state index contributed by atoms with van der Waals surface area (Å²) in [4.78, 5) is 2.57. The number of nitrogens with two attached hydrogens (primary N) is 1. The van der Waals surface area contributed by atoms with Crippen LogP contribution in [0.2, 0.25) is 5.02 Å². The van der Waals surface area contributed by atoms with Crippen molar-refractivity contribution in [1.82, 2.24) is 0 Å². The molecule has 4 nitrogen and oxygen atoms in total. The molecule has 0 atom stereocenters. The van der Waals surface area contributed by atoms with E-state index in [1.54, 1.807) is 18.2 Å². The second-order valence-electron chi connectivity index (χ2n) is 2.39. The zero-order valence-corrected chi connectivity index (χ0v) is 7.99. The van der Waals surface area contributed by atoms with Crippen LogP contribution in [0.25, 0.3) is 10.4 Å². The lowest BCUT2D eigenvalue weighted by Crippen LogP contribution is -1.90. The first-order valence-electron chi connectivity index (χ1n) is 3.79. The number of hydrogen-bond acceptors (Lipinski definition) is 2. The topological polar surface area (TPSA) is 74.8 Å². The third-order valence-electron chi connectivity index (χ3n) is 1.47. The first-order valence-corrected chi connectivity index (χ1v) is 4.17. The molecular formula is C9H7ClN4. The lowest BCUT2D eigenvalue weighted by molar-refractivity contribution is 1.25. The zero-order valence-electron chi connectivity index (χ0n) is 7.24. The van der Waals surface area contributed by atoms with Crippen LogP contribution in [0.5, 0.6) is 0 Å². The number of rotatable bonds is 1. The van der Waals surface area contributed by atoms with Crippen molar-refractivity contribution in [3.8, 4) is 11.8 Å². The second kappa shape index (κ2) is 5.03. The van der Waals surface area contributed by atoms with Crippen molar-refractivity contribution in [2.75, 3.05) is 12.3 Å². The molecule has 0 aliphatic rings. The lowest BCUT2D eigenvalue weighted by atomic mass is 10.2. The SMILES string of the molecule is [N-]=[N+]=NCC#Cc1c(N)cccc1Cl. The van der Waals surface area contributed by atoms with Gasteiger partial charge in [-0.05, 0) is 17.7 Å². The molecule has 0 aliphatic carbocycles. The van der Waals surface area contributed by atoms with Gasteiger partial charge in [0.25, 0.3) is 0 Å². The summed E-state index contributed by atoms with van der Waals surface area (Å²) < 4.78 is 0. The highest BCUT2D eigenvalue weighted by Crippen LogP contribution is 2.20. The third-order valence-corrected chi connectivity index (χ3v) is 1.79. The van der Waals surface area contributed by atoms with Crippen molar-refractivity contribution in [3.05, 3.63) is 39.2 Å². The molecular weight excluding hydrogens is 200 g/mol. The number of nitrogens with zero attached hydrogens (tertiary/aromatic N) is 3. The lowest BCUT2D eigenvalue weighted by Gasteiger charge is -1.98. The molecule has 0 saturated carbocycles. The highest BCUT2D eigenvalue weighted by atomic mass is 35.5. The van der Waals surface area contributed by atoms with E-state index in [0.29, 0.717) is 16.3 Å². The summed E-state index contributed by atoms with van der Waals surface area (Å²) in [6.07, 6.45) is 0. The summed E-state index contributed by atoms with van der Waals surface area (Å²) in [6.45, 7) is 0.112. The number of halogens is 1. The highest BCUT2D eigenvalue weighted by molar-refractivity contribution is 6.32. The van der Waals surface area contributed by atoms with Gasteiger partial charge in [0.1, 0.15) is 0 Å². The van der Waals surface area contributed by atoms with Crippen LogP contribution in [0.4, 0.5) is 5.69 Å². The van der Waals surface area contributed by atoms with Crippen molar-refractivity contribution >= 4 is 17.3 Å². The molecule has 0 spiro atoms. The van der Waals surface area contributed by atoms with Crippen molar-refractivity contribution in [1.29, 1.82) is 0 Å². The molecule has 1 aromatic rings. The van der Waals surface area contributed by atoms with Gasteiger partial charge in [-0.1, -0.05) is 34.6 Å². The fourth-order valence-electron chi connectivity index (χ4n) is 0.868. The molecule has 0 aliphatic heterocycles. The Morgan fingerprint density at radius 3 is 3.00 bits per heavy atom. The Kier molecular flexibility index (Phi) is 3.69. The second-order valence-corrected chi connectivity index (χ2v) is 2.80. The van der Waals surface area contributed by atoms with Gasteiger partial charge in [0.2, 0.25) is 0 Å². The van der Waals surface area contributed by atoms with E-state index in [0.717, 1.165) is 0 Å². The molecule has 70 valence electrons. The fraction of sp³-hybridized carbons (Fsp3) is 0.111. The third kappa shape index (κ3) is 2.60. The number of nitrogen functional groups attached to an aromatic ring is 1. The van der Waals surface area contributed by atoms with Crippen molar-refractivity contribution in [2.24, 2.45) is 5.11 Å². The molecule has 1 rings (SSSR count). The molecule has 2 N–H and O–H groups in total. The van der Waals surface area contributed by atoms with Crippen LogP contribution in [-0.4, -0.2) is 6.54 Å². The summed E-state index contributed by atoms with van der Waals surface area (Å²) >= 11 is 5.86. The maximum atomic E-state index is 8.01. The van der Waals surface area contributed by atoms with Gasteiger partial charge in [-0.25, -0.2) is 0 Å². The van der Waals surface area contributed by atoms with E-state index in [9.17, 15) is 0 Å². The molecule has 1 aromatic carbocycles. The molecule has 0 heterocycles. The van der Waals surface area contributed by atoms with Crippen molar-refractivity contribution < 1.29 is 0 Å². The van der Waals surface area contributed by atoms with Crippen LogP contribution in [0.15, 0.2) is 23.3 Å². The summed E-state index contributed by atoms with van der Waals surface area (Å²) in [5.41, 5.74) is 14.7. The number of benzene rings is 1. The van der Waals surface area contributed by atoms with E-state index in [2.05, 4.69) is 21.9 Å². The Balaban J connectivity index is 2.94. The first kappa shape index (κ1) is 10.3. The molecule has 0 radical (unpaired) electrons. The Morgan fingerprint density at radius 1 is 1.57 bits per heavy atom. The monoisotopic (exact) mass is 206 g/mol. The van der Waals surface area contributed by atoms with E-state index >= 15 is 0 Å². The predicted octanol–water partition coefficient (Wildman–Crippen LogP) is 2.58. The number of azide groups is 1. The van der Waals surface area contributed by atoms with Crippen molar-refractivity contribution in [2.45, 2.75) is 0 Å². The number of hydrogen-bond donors (Lipinski definition) is 1. The summed E-state index contributed by atoms with van der Waals surface area (Å²) in [5.74, 6) is 5.39. The maximum Gasteiger partial charge on any atom is 0.0880 e. The maximum absolute atomic E-state index is 8.01. The Morgan fingerprint density at radius 2 is 2.36 bits per heavy atom. The quantitative estimate of drug-likeness (QED) is 0.248. The van der Waals surface area contributed by atoms with Gasteiger partial charge in [0.05, 0.1) is 17.1 Å². The molecule has 0 saturated heterocycles. The minimum absolute atomic E-state index is 0.112. The van der Waals surface area contributed by atoms with Gasteiger partial charge >= 0.3 is 0 Å². The first-order chi connectivity index (χ1) is 6.75. The Bertz CT molecular complexity index is 418. The molecule has 0 unspecified atom stereocenters. The van der Waals surface area contributed by atoms with Crippen LogP contribution in [0, 0.1) is 11.8 Å². The Hall–Kier alpha value is -1.82. The van der Waals surface area contributed by atoms with Gasteiger partial charge in [-0.3, -0.25) is 0 Å². The van der Waals surface area contributed by atoms with Gasteiger partial charge in [0.15, 0.2) is 0 Å². The van der Waals surface area contributed by atoms with Crippen LogP contribution in [-0.2, 0) is 0 Å². The van der Waals surface area contributed by atoms with E-state index in [1.807, 2.05) is 0 Å². The standard InChI is InChI=1S/C9H7ClN4/c10-8-4-1-5-9(11)7(8)3-2-6-13-14-12/h1,4-5H,6,11H2. The summed E-state index contributed by atoms with van der Waals surface area (Å²) in [7, 11) is 0.